The molecule has 0 spiro atoms. The normalized spacial score (nSPS) is 12.0. The molecule has 1 aromatic heterocycles. The maximum atomic E-state index is 13.3. The molecule has 0 radical (unpaired) electrons. The van der Waals surface area contributed by atoms with E-state index in [0.29, 0.717) is 23.5 Å². The standard InChI is InChI=1S/C19H27N3O4S/c1-13(2)6-8-22(12-18(23)20-17-7-9-26-21-17)27(24,25)19-15(4)10-14(3)11-16(19)5/h7,9-11,13H,6,8,12H2,1-5H3,(H,20,21,23). The highest BCUT2D eigenvalue weighted by molar-refractivity contribution is 7.89. The Morgan fingerprint density at radius 2 is 1.85 bits per heavy atom. The van der Waals surface area contributed by atoms with Crippen LogP contribution in [-0.2, 0) is 14.8 Å². The molecule has 0 aliphatic rings. The number of aromatic nitrogens is 1. The van der Waals surface area contributed by atoms with Gasteiger partial charge in [0.2, 0.25) is 15.9 Å². The summed E-state index contributed by atoms with van der Waals surface area (Å²) < 4.78 is 32.6. The van der Waals surface area contributed by atoms with E-state index in [2.05, 4.69) is 15.0 Å². The zero-order valence-electron chi connectivity index (χ0n) is 16.4. The van der Waals surface area contributed by atoms with Crippen molar-refractivity contribution in [2.24, 2.45) is 5.92 Å². The van der Waals surface area contributed by atoms with Gasteiger partial charge in [-0.15, -0.1) is 0 Å². The van der Waals surface area contributed by atoms with Gasteiger partial charge in [-0.3, -0.25) is 4.79 Å². The summed E-state index contributed by atoms with van der Waals surface area (Å²) in [7, 11) is -3.82. The van der Waals surface area contributed by atoms with Crippen LogP contribution in [0.1, 0.15) is 37.0 Å². The number of rotatable bonds is 8. The number of nitrogens with zero attached hydrogens (tertiary/aromatic N) is 2. The number of amides is 1. The molecule has 27 heavy (non-hydrogen) atoms. The zero-order chi connectivity index (χ0) is 20.2. The van der Waals surface area contributed by atoms with Crippen molar-refractivity contribution in [2.45, 2.75) is 45.9 Å². The molecule has 8 heteroatoms. The van der Waals surface area contributed by atoms with Crippen LogP contribution in [0.4, 0.5) is 5.82 Å². The molecule has 0 saturated carbocycles. The SMILES string of the molecule is Cc1cc(C)c(S(=O)(=O)N(CCC(C)C)CC(=O)Nc2ccon2)c(C)c1. The Kier molecular flexibility index (Phi) is 6.78. The Hall–Kier alpha value is -2.19. The number of hydrogen-bond acceptors (Lipinski definition) is 5. The van der Waals surface area contributed by atoms with Crippen LogP contribution in [0.25, 0.3) is 0 Å². The van der Waals surface area contributed by atoms with Gasteiger partial charge in [-0.1, -0.05) is 36.7 Å². The third-order valence-electron chi connectivity index (χ3n) is 4.18. The van der Waals surface area contributed by atoms with Crippen LogP contribution in [0.15, 0.2) is 33.9 Å². The first-order chi connectivity index (χ1) is 12.6. The van der Waals surface area contributed by atoms with E-state index in [4.69, 9.17) is 0 Å². The lowest BCUT2D eigenvalue weighted by Gasteiger charge is -2.24. The maximum absolute atomic E-state index is 13.3. The molecule has 1 amide bonds. The lowest BCUT2D eigenvalue weighted by atomic mass is 10.1. The van der Waals surface area contributed by atoms with Crippen LogP contribution in [0, 0.1) is 26.7 Å². The monoisotopic (exact) mass is 393 g/mol. The van der Waals surface area contributed by atoms with E-state index in [1.165, 1.54) is 16.6 Å². The van der Waals surface area contributed by atoms with Crippen molar-refractivity contribution in [3.8, 4) is 0 Å². The summed E-state index contributed by atoms with van der Waals surface area (Å²) in [5, 5.41) is 6.17. The Balaban J connectivity index is 2.32. The minimum atomic E-state index is -3.82. The fourth-order valence-electron chi connectivity index (χ4n) is 3.01. The van der Waals surface area contributed by atoms with Gasteiger partial charge in [-0.05, 0) is 44.2 Å². The summed E-state index contributed by atoms with van der Waals surface area (Å²) in [6.45, 7) is 9.50. The van der Waals surface area contributed by atoms with E-state index in [-0.39, 0.29) is 23.8 Å². The molecule has 148 valence electrons. The Bertz CT molecular complexity index is 867. The topological polar surface area (TPSA) is 92.5 Å². The van der Waals surface area contributed by atoms with Gasteiger partial charge in [-0.2, -0.15) is 4.31 Å². The van der Waals surface area contributed by atoms with Gasteiger partial charge in [0, 0.05) is 12.6 Å². The molecular formula is C19H27N3O4S. The number of aryl methyl sites for hydroxylation is 3. The van der Waals surface area contributed by atoms with Gasteiger partial charge in [0.1, 0.15) is 6.26 Å². The molecule has 1 heterocycles. The van der Waals surface area contributed by atoms with Crippen molar-refractivity contribution in [1.29, 1.82) is 0 Å². The number of benzene rings is 1. The molecule has 1 aromatic carbocycles. The summed E-state index contributed by atoms with van der Waals surface area (Å²) in [5.74, 6) is 0.101. The fourth-order valence-corrected chi connectivity index (χ4v) is 4.83. The van der Waals surface area contributed by atoms with E-state index in [9.17, 15) is 13.2 Å². The summed E-state index contributed by atoms with van der Waals surface area (Å²) >= 11 is 0. The first kappa shape index (κ1) is 21.1. The highest BCUT2D eigenvalue weighted by Gasteiger charge is 2.29. The number of anilines is 1. The van der Waals surface area contributed by atoms with E-state index in [1.54, 1.807) is 13.8 Å². The lowest BCUT2D eigenvalue weighted by molar-refractivity contribution is -0.116. The zero-order valence-corrected chi connectivity index (χ0v) is 17.3. The number of hydrogen-bond donors (Lipinski definition) is 1. The van der Waals surface area contributed by atoms with Gasteiger partial charge >= 0.3 is 0 Å². The van der Waals surface area contributed by atoms with Crippen LogP contribution in [-0.4, -0.2) is 36.9 Å². The average molecular weight is 394 g/mol. The number of carbonyl (C=O) groups excluding carboxylic acids is 1. The van der Waals surface area contributed by atoms with Crippen molar-refractivity contribution < 1.29 is 17.7 Å². The van der Waals surface area contributed by atoms with Crippen LogP contribution < -0.4 is 5.32 Å². The second-order valence-electron chi connectivity index (χ2n) is 7.18. The maximum Gasteiger partial charge on any atom is 0.244 e. The van der Waals surface area contributed by atoms with Crippen LogP contribution in [0.3, 0.4) is 0 Å². The smallest absolute Gasteiger partial charge is 0.244 e. The summed E-state index contributed by atoms with van der Waals surface area (Å²) in [6, 6.07) is 5.19. The van der Waals surface area contributed by atoms with Crippen LogP contribution >= 0.6 is 0 Å². The van der Waals surface area contributed by atoms with Crippen molar-refractivity contribution in [3.63, 3.8) is 0 Å². The minimum absolute atomic E-state index is 0.254. The minimum Gasteiger partial charge on any atom is -0.363 e. The predicted octanol–water partition coefficient (Wildman–Crippen LogP) is 3.28. The van der Waals surface area contributed by atoms with Gasteiger partial charge in [-0.25, -0.2) is 8.42 Å². The highest BCUT2D eigenvalue weighted by Crippen LogP contribution is 2.26. The summed E-state index contributed by atoms with van der Waals surface area (Å²) in [6.07, 6.45) is 1.99. The largest absolute Gasteiger partial charge is 0.363 e. The molecule has 0 saturated heterocycles. The Morgan fingerprint density at radius 1 is 1.22 bits per heavy atom. The van der Waals surface area contributed by atoms with Crippen molar-refractivity contribution in [1.82, 2.24) is 9.46 Å². The van der Waals surface area contributed by atoms with E-state index in [1.807, 2.05) is 32.9 Å². The molecule has 1 N–H and O–H groups in total. The third-order valence-corrected chi connectivity index (χ3v) is 6.34. The predicted molar refractivity (Wildman–Crippen MR) is 104 cm³/mol. The van der Waals surface area contributed by atoms with Crippen LogP contribution in [0.5, 0.6) is 0 Å². The van der Waals surface area contributed by atoms with E-state index in [0.717, 1.165) is 5.56 Å². The van der Waals surface area contributed by atoms with Gasteiger partial charge in [0.05, 0.1) is 11.4 Å². The first-order valence-electron chi connectivity index (χ1n) is 8.89. The first-order valence-corrected chi connectivity index (χ1v) is 10.3. The Morgan fingerprint density at radius 3 is 2.37 bits per heavy atom. The highest BCUT2D eigenvalue weighted by atomic mass is 32.2. The number of sulfonamides is 1. The second-order valence-corrected chi connectivity index (χ2v) is 9.06. The third kappa shape index (κ3) is 5.40. The average Bonchev–Trinajstić information content (AvgIpc) is 3.02. The molecule has 7 nitrogen and oxygen atoms in total. The molecule has 0 fully saturated rings. The molecule has 2 rings (SSSR count). The number of carbonyl (C=O) groups is 1. The molecular weight excluding hydrogens is 366 g/mol. The summed E-state index contributed by atoms with van der Waals surface area (Å²) in [4.78, 5) is 12.6. The lowest BCUT2D eigenvalue weighted by Crippen LogP contribution is -2.39. The van der Waals surface area contributed by atoms with Crippen molar-refractivity contribution >= 4 is 21.7 Å². The molecule has 0 atom stereocenters. The second kappa shape index (κ2) is 8.67. The molecule has 0 aliphatic heterocycles. The number of nitrogens with one attached hydrogen (secondary N) is 1. The Labute approximate surface area is 160 Å². The van der Waals surface area contributed by atoms with Gasteiger partial charge < -0.3 is 9.84 Å². The molecule has 2 aromatic rings. The van der Waals surface area contributed by atoms with E-state index < -0.39 is 15.9 Å². The summed E-state index contributed by atoms with van der Waals surface area (Å²) in [5.41, 5.74) is 2.36. The van der Waals surface area contributed by atoms with Gasteiger partial charge in [0.15, 0.2) is 5.82 Å². The van der Waals surface area contributed by atoms with Crippen molar-refractivity contribution in [2.75, 3.05) is 18.4 Å². The van der Waals surface area contributed by atoms with Crippen molar-refractivity contribution in [3.05, 3.63) is 41.2 Å². The molecule has 0 unspecified atom stereocenters. The van der Waals surface area contributed by atoms with Gasteiger partial charge in [0.25, 0.3) is 0 Å². The molecule has 0 aliphatic carbocycles. The fraction of sp³-hybridized carbons (Fsp3) is 0.474. The van der Waals surface area contributed by atoms with E-state index >= 15 is 0 Å². The van der Waals surface area contributed by atoms with Crippen LogP contribution in [0.2, 0.25) is 0 Å². The quantitative estimate of drug-likeness (QED) is 0.743. The molecule has 0 bridgehead atoms.